The molecule has 0 amide bonds. The monoisotopic (exact) mass is 1050 g/mol. The number of rotatable bonds is 8. The van der Waals surface area contributed by atoms with Crippen LogP contribution in [0.15, 0.2) is 280 Å². The van der Waals surface area contributed by atoms with Crippen molar-refractivity contribution in [3.63, 3.8) is 0 Å². The van der Waals surface area contributed by atoms with Crippen molar-refractivity contribution in [3.8, 4) is 11.8 Å². The third-order valence-electron chi connectivity index (χ3n) is 17.0. The molecule has 7 nitrogen and oxygen atoms in total. The highest BCUT2D eigenvalue weighted by molar-refractivity contribution is 6.31. The molecule has 0 fully saturated rings. The first-order valence-electron chi connectivity index (χ1n) is 27.8. The first kappa shape index (κ1) is 45.7. The van der Waals surface area contributed by atoms with Gasteiger partial charge in [0.15, 0.2) is 5.70 Å². The number of hydrogen-bond acceptors (Lipinski definition) is 1. The fourth-order valence-electron chi connectivity index (χ4n) is 13.8. The zero-order chi connectivity index (χ0) is 54.2. The Hall–Kier alpha value is -11.3. The number of nitrogens with zero attached hydrogens (tertiary/aromatic N) is 7. The van der Waals surface area contributed by atoms with E-state index in [9.17, 15) is 5.26 Å². The summed E-state index contributed by atoms with van der Waals surface area (Å²) < 4.78 is 14.3. The van der Waals surface area contributed by atoms with Crippen LogP contribution in [-0.2, 0) is 0 Å². The van der Waals surface area contributed by atoms with Crippen LogP contribution in [0.4, 0.5) is 0 Å². The van der Waals surface area contributed by atoms with Gasteiger partial charge in [0, 0.05) is 64.9 Å². The maximum atomic E-state index is 13.0. The van der Waals surface area contributed by atoms with Crippen molar-refractivity contribution in [1.29, 1.82) is 5.26 Å². The zero-order valence-electron chi connectivity index (χ0n) is 44.3. The van der Waals surface area contributed by atoms with E-state index in [1.807, 2.05) is 0 Å². The maximum Gasteiger partial charge on any atom is 0.151 e. The van der Waals surface area contributed by atoms with Gasteiger partial charge >= 0.3 is 0 Å². The average Bonchev–Trinajstić information content (AvgIpc) is 4.44. The van der Waals surface area contributed by atoms with E-state index in [4.69, 9.17) is 6.58 Å². The van der Waals surface area contributed by atoms with Gasteiger partial charge in [-0.3, -0.25) is 13.7 Å². The first-order valence-corrected chi connectivity index (χ1v) is 27.8. The lowest BCUT2D eigenvalue weighted by atomic mass is 10.1. The predicted octanol–water partition coefficient (Wildman–Crippen LogP) is 19.2. The zero-order valence-corrected chi connectivity index (χ0v) is 44.3. The quantitative estimate of drug-likeness (QED) is 0.111. The SMILES string of the molecule is C=C(/C(=C(\C(=C(/C#N)n1c2ccccc2c2ccccc21)n1c2ccccc2c2ccccc21)n1c2ccccc2c2c3ccccc3n(-c3ccccc3)c21)n1c2ccccc2c2ccccc21)n1c2ccccc2c2ccccc21. The summed E-state index contributed by atoms with van der Waals surface area (Å²) in [4.78, 5) is 0. The van der Waals surface area contributed by atoms with Gasteiger partial charge in [-0.05, 0) is 72.8 Å². The van der Waals surface area contributed by atoms with Crippen LogP contribution < -0.4 is 0 Å². The largest absolute Gasteiger partial charge is 0.308 e. The number of benzene rings is 11. The summed E-state index contributed by atoms with van der Waals surface area (Å²) in [6.45, 7) is 5.46. The predicted molar refractivity (Wildman–Crippen MR) is 344 cm³/mol. The lowest BCUT2D eigenvalue weighted by Gasteiger charge is -2.28. The topological polar surface area (TPSA) is 53.4 Å². The van der Waals surface area contributed by atoms with Crippen LogP contribution in [0.25, 0.3) is 154 Å². The van der Waals surface area contributed by atoms with E-state index in [1.54, 1.807) is 0 Å². The van der Waals surface area contributed by atoms with Crippen LogP contribution in [-0.4, -0.2) is 27.4 Å². The summed E-state index contributed by atoms with van der Waals surface area (Å²) in [7, 11) is 0. The first-order chi connectivity index (χ1) is 40.7. The van der Waals surface area contributed by atoms with Crippen LogP contribution >= 0.6 is 0 Å². The minimum absolute atomic E-state index is 0.431. The molecule has 0 bridgehead atoms. The normalized spacial score (nSPS) is 12.8. The van der Waals surface area contributed by atoms with Gasteiger partial charge in [0.05, 0.1) is 66.6 Å². The third kappa shape index (κ3) is 6.23. The van der Waals surface area contributed by atoms with Crippen molar-refractivity contribution in [2.45, 2.75) is 0 Å². The maximum absolute atomic E-state index is 13.0. The van der Waals surface area contributed by atoms with E-state index < -0.39 is 0 Å². The number of aromatic nitrogens is 6. The minimum atomic E-state index is 0.431. The molecule has 17 aromatic rings. The molecule has 0 radical (unpaired) electrons. The van der Waals surface area contributed by atoms with Crippen LogP contribution in [0.2, 0.25) is 0 Å². The Kier molecular flexibility index (Phi) is 9.80. The fourth-order valence-corrected chi connectivity index (χ4v) is 13.8. The Balaban J connectivity index is 1.23. The average molecular weight is 1050 g/mol. The lowest BCUT2D eigenvalue weighted by Crippen LogP contribution is -2.17. The number of nitriles is 1. The van der Waals surface area contributed by atoms with Gasteiger partial charge in [-0.1, -0.05) is 207 Å². The summed E-state index contributed by atoms with van der Waals surface area (Å²) in [6, 6.07) is 100. The fraction of sp³-hybridized carbons (Fsp3) is 0. The molecule has 0 N–H and O–H groups in total. The summed E-state index contributed by atoms with van der Waals surface area (Å²) >= 11 is 0. The van der Waals surface area contributed by atoms with E-state index in [0.29, 0.717) is 17.1 Å². The highest BCUT2D eigenvalue weighted by atomic mass is 15.2. The molecule has 6 aromatic heterocycles. The summed E-state index contributed by atoms with van der Waals surface area (Å²) in [6.07, 6.45) is 0. The van der Waals surface area contributed by atoms with Crippen LogP contribution in [0.1, 0.15) is 0 Å². The van der Waals surface area contributed by atoms with Gasteiger partial charge in [-0.25, -0.2) is 0 Å². The summed E-state index contributed by atoms with van der Waals surface area (Å²) in [5.41, 5.74) is 15.0. The van der Waals surface area contributed by atoms with Gasteiger partial charge < -0.3 is 13.7 Å². The van der Waals surface area contributed by atoms with E-state index >= 15 is 0 Å². The van der Waals surface area contributed by atoms with Crippen molar-refractivity contribution >= 4 is 149 Å². The Morgan fingerprint density at radius 1 is 0.268 bits per heavy atom. The molecular formula is C75H47N7. The molecule has 0 aliphatic heterocycles. The molecule has 7 heteroatoms. The number of allylic oxidation sites excluding steroid dienone is 5. The van der Waals surface area contributed by atoms with Crippen LogP contribution in [0.3, 0.4) is 0 Å². The lowest BCUT2D eigenvalue weighted by molar-refractivity contribution is 1.06. The number of fused-ring (bicyclic) bond motifs is 17. The van der Waals surface area contributed by atoms with Gasteiger partial charge in [-0.2, -0.15) is 5.26 Å². The molecule has 6 heterocycles. The summed E-state index contributed by atoms with van der Waals surface area (Å²) in [5.74, 6) is 0. The van der Waals surface area contributed by atoms with E-state index in [0.717, 1.165) is 137 Å². The third-order valence-corrected chi connectivity index (χ3v) is 17.0. The molecule has 0 saturated heterocycles. The molecule has 0 unspecified atom stereocenters. The molecule has 382 valence electrons. The Bertz CT molecular complexity index is 5460. The second-order valence-electron chi connectivity index (χ2n) is 21.2. The summed E-state index contributed by atoms with van der Waals surface area (Å²) in [5, 5.41) is 24.9. The minimum Gasteiger partial charge on any atom is -0.308 e. The van der Waals surface area contributed by atoms with Gasteiger partial charge in [0.25, 0.3) is 0 Å². The highest BCUT2D eigenvalue weighted by Gasteiger charge is 2.35. The number of hydrogen-bond donors (Lipinski definition) is 0. The molecule has 82 heavy (non-hydrogen) atoms. The van der Waals surface area contributed by atoms with Crippen LogP contribution in [0.5, 0.6) is 0 Å². The second-order valence-corrected chi connectivity index (χ2v) is 21.2. The molecule has 0 spiro atoms. The van der Waals surface area contributed by atoms with Crippen LogP contribution in [0, 0.1) is 11.3 Å². The van der Waals surface area contributed by atoms with E-state index in [1.165, 1.54) is 0 Å². The van der Waals surface area contributed by atoms with Gasteiger partial charge in [0.2, 0.25) is 0 Å². The molecular weight excluding hydrogens is 999 g/mol. The molecule has 0 saturated carbocycles. The molecule has 0 atom stereocenters. The highest BCUT2D eigenvalue weighted by Crippen LogP contribution is 2.51. The standard InChI is InChI=1S/C75H47N7/c1-48(77-60-37-15-5-27-50(60)51-28-6-16-38-61(51)77)72(80-64-41-19-9-31-54(64)55-32-10-20-42-65(55)80)74(82-69-46-24-14-36-59(69)71-58-35-13-23-45-68(58)78(75(71)82)49-25-3-2-4-26-49)73(81-66-43-21-11-33-56(66)57-34-12-22-44-67(57)81)70(47-76)79-62-39-17-7-29-52(62)53-30-8-18-40-63(53)79/h2-46H,1H2/b73-70-,74-72-. The van der Waals surface area contributed by atoms with Crippen molar-refractivity contribution in [3.05, 3.63) is 280 Å². The van der Waals surface area contributed by atoms with Gasteiger partial charge in [0.1, 0.15) is 23.1 Å². The van der Waals surface area contributed by atoms with E-state index in [-0.39, 0.29) is 0 Å². The van der Waals surface area contributed by atoms with Crippen molar-refractivity contribution in [1.82, 2.24) is 27.4 Å². The van der Waals surface area contributed by atoms with Crippen molar-refractivity contribution < 1.29 is 0 Å². The van der Waals surface area contributed by atoms with Crippen molar-refractivity contribution in [2.24, 2.45) is 0 Å². The number of para-hydroxylation sites is 11. The smallest absolute Gasteiger partial charge is 0.151 e. The van der Waals surface area contributed by atoms with Gasteiger partial charge in [-0.15, -0.1) is 0 Å². The Morgan fingerprint density at radius 3 is 0.927 bits per heavy atom. The Morgan fingerprint density at radius 2 is 0.549 bits per heavy atom. The molecule has 0 aliphatic rings. The molecule has 17 rings (SSSR count). The molecule has 11 aromatic carbocycles. The Labute approximate surface area is 470 Å². The second kappa shape index (κ2) is 17.6. The van der Waals surface area contributed by atoms with Crippen molar-refractivity contribution in [2.75, 3.05) is 0 Å². The molecule has 0 aliphatic carbocycles. The van der Waals surface area contributed by atoms with E-state index in [2.05, 4.69) is 306 Å².